The highest BCUT2D eigenvalue weighted by Gasteiger charge is 2.38. The van der Waals surface area contributed by atoms with Crippen molar-refractivity contribution < 1.29 is 19.3 Å². The summed E-state index contributed by atoms with van der Waals surface area (Å²) < 4.78 is 18.2. The topological polar surface area (TPSA) is 109 Å². The molecule has 0 aromatic carbocycles. The summed E-state index contributed by atoms with van der Waals surface area (Å²) in [4.78, 5) is 15.9. The van der Waals surface area contributed by atoms with Crippen LogP contribution in [0.4, 0.5) is 5.82 Å². The first kappa shape index (κ1) is 20.1. The second-order valence-corrected chi connectivity index (χ2v) is 5.20. The van der Waals surface area contributed by atoms with E-state index in [-0.39, 0.29) is 18.0 Å². The smallest absolute Gasteiger partial charge is 0.351 e. The number of aryl methyl sites for hydroxylation is 1. The van der Waals surface area contributed by atoms with E-state index in [1.807, 2.05) is 0 Å². The molecule has 1 unspecified atom stereocenters. The van der Waals surface area contributed by atoms with Gasteiger partial charge >= 0.3 is 5.69 Å². The second-order valence-electron chi connectivity index (χ2n) is 5.20. The van der Waals surface area contributed by atoms with E-state index in [2.05, 4.69) is 10.9 Å². The minimum atomic E-state index is -0.558. The number of ether oxygens (including phenoxy) is 3. The van der Waals surface area contributed by atoms with E-state index in [0.29, 0.717) is 31.6 Å². The van der Waals surface area contributed by atoms with Crippen LogP contribution in [0.5, 0.6) is 0 Å². The third-order valence-electron chi connectivity index (χ3n) is 3.52. The van der Waals surface area contributed by atoms with Crippen molar-refractivity contribution >= 4 is 5.82 Å². The third kappa shape index (κ3) is 5.04. The number of hydrogen-bond donors (Lipinski definition) is 2. The maximum absolute atomic E-state index is 12.1. The van der Waals surface area contributed by atoms with Gasteiger partial charge in [-0.1, -0.05) is 0 Å². The number of terminal acetylenes is 1. The summed E-state index contributed by atoms with van der Waals surface area (Å²) in [5.74, 6) is 2.74. The Bertz CT molecular complexity index is 611. The number of aromatic nitrogens is 2. The number of anilines is 1. The number of aliphatic hydroxyl groups is 1. The zero-order valence-corrected chi connectivity index (χ0v) is 14.3. The predicted molar refractivity (Wildman–Crippen MR) is 89.4 cm³/mol. The molecule has 8 nitrogen and oxygen atoms in total. The lowest BCUT2D eigenvalue weighted by molar-refractivity contribution is -0.0750. The Kier molecular flexibility index (Phi) is 8.43. The number of methoxy groups -OCH3 is 1. The molecule has 3 N–H and O–H groups in total. The van der Waals surface area contributed by atoms with Gasteiger partial charge in [0.25, 0.3) is 0 Å². The average molecular weight is 339 g/mol. The highest BCUT2D eigenvalue weighted by molar-refractivity contribution is 5.35. The first-order chi connectivity index (χ1) is 11.6. The van der Waals surface area contributed by atoms with Crippen molar-refractivity contribution in [2.24, 2.45) is 0 Å². The molecule has 1 aromatic heterocycles. The Morgan fingerprint density at radius 2 is 2.29 bits per heavy atom. The number of nitrogens with two attached hydrogens (primary N) is 1. The summed E-state index contributed by atoms with van der Waals surface area (Å²) >= 11 is 0. The molecule has 1 aliphatic rings. The number of hydrogen-bond acceptors (Lipinski definition) is 7. The molecule has 1 aromatic rings. The summed E-state index contributed by atoms with van der Waals surface area (Å²) in [6.45, 7) is 2.63. The first-order valence-electron chi connectivity index (χ1n) is 7.56. The zero-order valence-electron chi connectivity index (χ0n) is 14.3. The zero-order chi connectivity index (χ0) is 18.1. The van der Waals surface area contributed by atoms with Crippen molar-refractivity contribution in [3.63, 3.8) is 0 Å². The normalized spacial score (nSPS) is 22.5. The van der Waals surface area contributed by atoms with Crippen molar-refractivity contribution in [2.75, 3.05) is 33.2 Å². The molecule has 8 heteroatoms. The van der Waals surface area contributed by atoms with Crippen LogP contribution in [0.1, 0.15) is 24.6 Å². The standard InChI is InChI=1S/C15H21N3O4.CH4O/c1-4-5-6-21-12-7-11(9-20-3)22-14(12)18-8-10(2)13(16)17-15(18)19;1-2/h1,8,11-12,14H,5-7,9H2,2-3H3,(H2,16,17,19);2H,1H3/t11-,12?,14+;/m0./s1. The SMILES string of the molecule is C#CCCOC1C[C@@H](COC)O[C@H]1n1cc(C)c(N)nc1=O.CO. The number of nitrogen functional groups attached to an aromatic ring is 1. The average Bonchev–Trinajstić information content (AvgIpc) is 2.96. The molecule has 2 rings (SSSR count). The van der Waals surface area contributed by atoms with E-state index < -0.39 is 11.9 Å². The van der Waals surface area contributed by atoms with Gasteiger partial charge in [-0.15, -0.1) is 12.3 Å². The van der Waals surface area contributed by atoms with Crippen molar-refractivity contribution in [3.05, 3.63) is 22.2 Å². The summed E-state index contributed by atoms with van der Waals surface area (Å²) in [7, 11) is 2.60. The molecule has 134 valence electrons. The van der Waals surface area contributed by atoms with Gasteiger partial charge in [0.2, 0.25) is 0 Å². The van der Waals surface area contributed by atoms with Gasteiger partial charge in [0.15, 0.2) is 6.23 Å². The fourth-order valence-corrected chi connectivity index (χ4v) is 2.43. The minimum Gasteiger partial charge on any atom is -0.400 e. The second kappa shape index (κ2) is 10.1. The minimum absolute atomic E-state index is 0.143. The predicted octanol–water partition coefficient (Wildman–Crippen LogP) is 0.0848. The van der Waals surface area contributed by atoms with Crippen molar-refractivity contribution in [1.29, 1.82) is 0 Å². The molecule has 0 saturated carbocycles. The molecule has 0 bridgehead atoms. The van der Waals surface area contributed by atoms with Gasteiger partial charge in [-0.25, -0.2) is 4.79 Å². The number of rotatable bonds is 6. The Morgan fingerprint density at radius 3 is 2.92 bits per heavy atom. The molecule has 1 fully saturated rings. The van der Waals surface area contributed by atoms with E-state index in [1.165, 1.54) is 4.57 Å². The van der Waals surface area contributed by atoms with E-state index >= 15 is 0 Å². The fraction of sp³-hybridized carbons (Fsp3) is 0.625. The van der Waals surface area contributed by atoms with Gasteiger partial charge in [-0.05, 0) is 6.92 Å². The van der Waals surface area contributed by atoms with Crippen LogP contribution in [-0.2, 0) is 14.2 Å². The van der Waals surface area contributed by atoms with Gasteiger partial charge in [0, 0.05) is 38.8 Å². The van der Waals surface area contributed by atoms with Crippen molar-refractivity contribution in [2.45, 2.75) is 38.2 Å². The highest BCUT2D eigenvalue weighted by atomic mass is 16.6. The maximum atomic E-state index is 12.1. The van der Waals surface area contributed by atoms with Crippen LogP contribution in [0.15, 0.2) is 11.0 Å². The lowest BCUT2D eigenvalue weighted by Gasteiger charge is -2.21. The Morgan fingerprint density at radius 1 is 1.58 bits per heavy atom. The van der Waals surface area contributed by atoms with Gasteiger partial charge in [-0.3, -0.25) is 4.57 Å². The third-order valence-corrected chi connectivity index (χ3v) is 3.52. The van der Waals surface area contributed by atoms with Gasteiger partial charge in [0.1, 0.15) is 11.9 Å². The largest absolute Gasteiger partial charge is 0.400 e. The van der Waals surface area contributed by atoms with E-state index in [4.69, 9.17) is 31.5 Å². The molecule has 1 aliphatic heterocycles. The van der Waals surface area contributed by atoms with E-state index in [0.717, 1.165) is 7.11 Å². The summed E-state index contributed by atoms with van der Waals surface area (Å²) in [6.07, 6.45) is 7.02. The van der Waals surface area contributed by atoms with Crippen LogP contribution < -0.4 is 11.4 Å². The van der Waals surface area contributed by atoms with Crippen LogP contribution in [0, 0.1) is 19.3 Å². The lowest BCUT2D eigenvalue weighted by atomic mass is 10.2. The van der Waals surface area contributed by atoms with Crippen LogP contribution >= 0.6 is 0 Å². The summed E-state index contributed by atoms with van der Waals surface area (Å²) in [6, 6.07) is 0. The van der Waals surface area contributed by atoms with Gasteiger partial charge in [-0.2, -0.15) is 4.98 Å². The van der Waals surface area contributed by atoms with Gasteiger partial charge in [0.05, 0.1) is 19.3 Å². The molecule has 1 saturated heterocycles. The molecule has 0 spiro atoms. The molecule has 24 heavy (non-hydrogen) atoms. The monoisotopic (exact) mass is 339 g/mol. The molecule has 0 radical (unpaired) electrons. The van der Waals surface area contributed by atoms with Crippen LogP contribution in [0.3, 0.4) is 0 Å². The highest BCUT2D eigenvalue weighted by Crippen LogP contribution is 2.31. The Hall–Kier alpha value is -1.92. The molecule has 2 heterocycles. The molecule has 3 atom stereocenters. The number of nitrogens with zero attached hydrogens (tertiary/aromatic N) is 2. The molecule has 0 aliphatic carbocycles. The fourth-order valence-electron chi connectivity index (χ4n) is 2.43. The van der Waals surface area contributed by atoms with Crippen LogP contribution in [0.25, 0.3) is 0 Å². The first-order valence-corrected chi connectivity index (χ1v) is 7.56. The van der Waals surface area contributed by atoms with Crippen LogP contribution in [0.2, 0.25) is 0 Å². The molecule has 0 amide bonds. The summed E-state index contributed by atoms with van der Waals surface area (Å²) in [5.41, 5.74) is 5.91. The quantitative estimate of drug-likeness (QED) is 0.558. The number of aliphatic hydroxyl groups excluding tert-OH is 1. The van der Waals surface area contributed by atoms with Gasteiger partial charge < -0.3 is 25.1 Å². The Labute approximate surface area is 141 Å². The van der Waals surface area contributed by atoms with Crippen molar-refractivity contribution in [3.8, 4) is 12.3 Å². The van der Waals surface area contributed by atoms with E-state index in [1.54, 1.807) is 20.2 Å². The van der Waals surface area contributed by atoms with Crippen molar-refractivity contribution in [1.82, 2.24) is 9.55 Å². The maximum Gasteiger partial charge on any atom is 0.351 e. The lowest BCUT2D eigenvalue weighted by Crippen LogP contribution is -2.33. The molecular weight excluding hydrogens is 314 g/mol. The summed E-state index contributed by atoms with van der Waals surface area (Å²) in [5, 5.41) is 7.00. The van der Waals surface area contributed by atoms with Crippen LogP contribution in [-0.4, -0.2) is 54.3 Å². The van der Waals surface area contributed by atoms with E-state index in [9.17, 15) is 4.79 Å². The Balaban J connectivity index is 0.00000139. The molecular formula is C16H25N3O5.